The Labute approximate surface area is 92.1 Å². The van der Waals surface area contributed by atoms with E-state index < -0.39 is 10.7 Å². The lowest BCUT2D eigenvalue weighted by Gasteiger charge is -2.05. The van der Waals surface area contributed by atoms with Crippen molar-refractivity contribution in [1.29, 1.82) is 0 Å². The molecule has 0 atom stereocenters. The maximum Gasteiger partial charge on any atom is 0.274 e. The van der Waals surface area contributed by atoms with E-state index in [0.717, 1.165) is 12.5 Å². The molecule has 1 aromatic rings. The quantitative estimate of drug-likeness (QED) is 0.443. The molecule has 0 unspecified atom stereocenters. The average molecular weight is 228 g/mol. The molecular weight excluding hydrogens is 215 g/mol. The number of nitro groups is 1. The van der Waals surface area contributed by atoms with Gasteiger partial charge in [0.15, 0.2) is 0 Å². The third-order valence-corrected chi connectivity index (χ3v) is 2.01. The zero-order chi connectivity index (χ0) is 12.0. The molecule has 0 fully saturated rings. The molecular formula is C10H13FN2O3. The largest absolute Gasteiger partial charge is 0.396 e. The minimum atomic E-state index is -0.640. The van der Waals surface area contributed by atoms with Crippen molar-refractivity contribution in [3.63, 3.8) is 0 Å². The van der Waals surface area contributed by atoms with Gasteiger partial charge in [0.25, 0.3) is 5.69 Å². The van der Waals surface area contributed by atoms with Gasteiger partial charge in [-0.05, 0) is 18.9 Å². The van der Waals surface area contributed by atoms with Crippen LogP contribution in [0.2, 0.25) is 0 Å². The molecule has 0 aromatic heterocycles. The second-order valence-corrected chi connectivity index (χ2v) is 3.31. The lowest BCUT2D eigenvalue weighted by molar-refractivity contribution is -0.385. The van der Waals surface area contributed by atoms with Gasteiger partial charge in [-0.25, -0.2) is 4.39 Å². The van der Waals surface area contributed by atoms with E-state index in [-0.39, 0.29) is 12.3 Å². The number of hydrogen-bond donors (Lipinski definition) is 2. The van der Waals surface area contributed by atoms with Gasteiger partial charge in [0.2, 0.25) is 0 Å². The number of rotatable bonds is 6. The number of nitro benzene ring substituents is 1. The molecule has 0 heterocycles. The first-order valence-corrected chi connectivity index (χ1v) is 4.93. The van der Waals surface area contributed by atoms with Crippen LogP contribution in [0.1, 0.15) is 12.8 Å². The minimum absolute atomic E-state index is 0.102. The van der Waals surface area contributed by atoms with E-state index in [1.54, 1.807) is 0 Å². The molecule has 0 spiro atoms. The summed E-state index contributed by atoms with van der Waals surface area (Å²) in [5, 5.41) is 21.9. The molecule has 0 saturated carbocycles. The van der Waals surface area contributed by atoms with Crippen LogP contribution in [0.4, 0.5) is 15.8 Å². The van der Waals surface area contributed by atoms with Crippen LogP contribution in [-0.2, 0) is 0 Å². The topological polar surface area (TPSA) is 75.4 Å². The number of anilines is 1. The Kier molecular flexibility index (Phi) is 4.65. The number of aliphatic hydroxyl groups is 1. The van der Waals surface area contributed by atoms with Gasteiger partial charge < -0.3 is 10.4 Å². The monoisotopic (exact) mass is 228 g/mol. The predicted molar refractivity (Wildman–Crippen MR) is 57.9 cm³/mol. The first-order valence-electron chi connectivity index (χ1n) is 4.93. The zero-order valence-electron chi connectivity index (χ0n) is 8.65. The summed E-state index contributed by atoms with van der Waals surface area (Å²) >= 11 is 0. The lowest BCUT2D eigenvalue weighted by atomic mass is 10.2. The van der Waals surface area contributed by atoms with Gasteiger partial charge >= 0.3 is 0 Å². The highest BCUT2D eigenvalue weighted by molar-refractivity contribution is 5.51. The molecule has 0 aliphatic carbocycles. The van der Waals surface area contributed by atoms with Crippen LogP contribution >= 0.6 is 0 Å². The Morgan fingerprint density at radius 2 is 2.12 bits per heavy atom. The maximum absolute atomic E-state index is 13.0. The van der Waals surface area contributed by atoms with Crippen molar-refractivity contribution in [3.05, 3.63) is 34.1 Å². The number of hydrogen-bond acceptors (Lipinski definition) is 4. The normalized spacial score (nSPS) is 10.1. The minimum Gasteiger partial charge on any atom is -0.396 e. The fourth-order valence-corrected chi connectivity index (χ4v) is 1.25. The molecule has 2 N–H and O–H groups in total. The summed E-state index contributed by atoms with van der Waals surface area (Å²) in [6, 6.07) is 3.35. The van der Waals surface area contributed by atoms with Crippen LogP contribution in [-0.4, -0.2) is 23.2 Å². The van der Waals surface area contributed by atoms with Gasteiger partial charge in [0, 0.05) is 24.9 Å². The number of non-ortho nitro benzene ring substituents is 1. The molecule has 0 saturated heterocycles. The van der Waals surface area contributed by atoms with E-state index >= 15 is 0 Å². The van der Waals surface area contributed by atoms with Crippen molar-refractivity contribution in [2.45, 2.75) is 12.8 Å². The summed E-state index contributed by atoms with van der Waals surface area (Å²) in [6.45, 7) is 0.645. The standard InChI is InChI=1S/C10H13FN2O3/c11-8-5-9(12-3-1-2-4-14)7-10(6-8)13(15)16/h5-7,12,14H,1-4H2. The van der Waals surface area contributed by atoms with E-state index in [1.165, 1.54) is 12.1 Å². The number of halogens is 1. The summed E-state index contributed by atoms with van der Waals surface area (Å²) in [4.78, 5) is 9.82. The molecule has 6 heteroatoms. The Morgan fingerprint density at radius 3 is 2.75 bits per heavy atom. The first kappa shape index (κ1) is 12.4. The molecule has 1 rings (SSSR count). The van der Waals surface area contributed by atoms with E-state index in [0.29, 0.717) is 18.7 Å². The second kappa shape index (κ2) is 6.02. The van der Waals surface area contributed by atoms with Crippen molar-refractivity contribution in [2.24, 2.45) is 0 Å². The van der Waals surface area contributed by atoms with Gasteiger partial charge in [-0.3, -0.25) is 10.1 Å². The van der Waals surface area contributed by atoms with Crippen molar-refractivity contribution in [1.82, 2.24) is 0 Å². The van der Waals surface area contributed by atoms with Crippen LogP contribution in [0.3, 0.4) is 0 Å². The van der Waals surface area contributed by atoms with Gasteiger partial charge in [-0.1, -0.05) is 0 Å². The fraction of sp³-hybridized carbons (Fsp3) is 0.400. The van der Waals surface area contributed by atoms with Crippen LogP contribution in [0.25, 0.3) is 0 Å². The molecule has 0 amide bonds. The number of benzene rings is 1. The van der Waals surface area contributed by atoms with E-state index in [2.05, 4.69) is 5.32 Å². The first-order chi connectivity index (χ1) is 7.63. The number of nitrogens with one attached hydrogen (secondary N) is 1. The van der Waals surface area contributed by atoms with Crippen molar-refractivity contribution < 1.29 is 14.4 Å². The summed E-state index contributed by atoms with van der Waals surface area (Å²) in [5.41, 5.74) is 0.106. The van der Waals surface area contributed by atoms with E-state index in [1.807, 2.05) is 0 Å². The van der Waals surface area contributed by atoms with Crippen LogP contribution in [0.5, 0.6) is 0 Å². The van der Waals surface area contributed by atoms with Crippen LogP contribution < -0.4 is 5.32 Å². The van der Waals surface area contributed by atoms with Crippen LogP contribution in [0, 0.1) is 15.9 Å². The highest BCUT2D eigenvalue weighted by Gasteiger charge is 2.09. The van der Waals surface area contributed by atoms with Crippen molar-refractivity contribution in [2.75, 3.05) is 18.5 Å². The Balaban J connectivity index is 2.62. The van der Waals surface area contributed by atoms with Gasteiger partial charge in [0.1, 0.15) is 5.82 Å². The maximum atomic E-state index is 13.0. The highest BCUT2D eigenvalue weighted by atomic mass is 19.1. The number of aliphatic hydroxyl groups excluding tert-OH is 1. The molecule has 0 bridgehead atoms. The van der Waals surface area contributed by atoms with Crippen molar-refractivity contribution >= 4 is 11.4 Å². The third kappa shape index (κ3) is 3.82. The molecule has 0 aliphatic heterocycles. The van der Waals surface area contributed by atoms with Crippen LogP contribution in [0.15, 0.2) is 18.2 Å². The average Bonchev–Trinajstić information content (AvgIpc) is 2.23. The van der Waals surface area contributed by atoms with Gasteiger partial charge in [-0.2, -0.15) is 0 Å². The molecule has 88 valence electrons. The summed E-state index contributed by atoms with van der Waals surface area (Å²) in [5.74, 6) is -0.640. The second-order valence-electron chi connectivity index (χ2n) is 3.31. The summed E-state index contributed by atoms with van der Waals surface area (Å²) in [7, 11) is 0. The van der Waals surface area contributed by atoms with E-state index in [4.69, 9.17) is 5.11 Å². The van der Waals surface area contributed by atoms with Gasteiger partial charge in [0.05, 0.1) is 11.0 Å². The number of unbranched alkanes of at least 4 members (excludes halogenated alkanes) is 1. The smallest absolute Gasteiger partial charge is 0.274 e. The number of nitrogens with zero attached hydrogens (tertiary/aromatic N) is 1. The Morgan fingerprint density at radius 1 is 1.38 bits per heavy atom. The summed E-state index contributed by atoms with van der Waals surface area (Å²) in [6.07, 6.45) is 1.37. The fourth-order valence-electron chi connectivity index (χ4n) is 1.25. The Hall–Kier alpha value is -1.69. The highest BCUT2D eigenvalue weighted by Crippen LogP contribution is 2.19. The summed E-state index contributed by atoms with van der Waals surface area (Å²) < 4.78 is 13.0. The molecule has 1 aromatic carbocycles. The molecule has 5 nitrogen and oxygen atoms in total. The van der Waals surface area contributed by atoms with Gasteiger partial charge in [-0.15, -0.1) is 0 Å². The predicted octanol–water partition coefficient (Wildman–Crippen LogP) is 1.92. The SMILES string of the molecule is O=[N+]([O-])c1cc(F)cc(NCCCCO)c1. The zero-order valence-corrected chi connectivity index (χ0v) is 8.65. The van der Waals surface area contributed by atoms with Crippen molar-refractivity contribution in [3.8, 4) is 0 Å². The Bertz CT molecular complexity index is 371. The molecule has 0 aliphatic rings. The molecule has 0 radical (unpaired) electrons. The van der Waals surface area contributed by atoms with E-state index in [9.17, 15) is 14.5 Å². The molecule has 16 heavy (non-hydrogen) atoms. The third-order valence-electron chi connectivity index (χ3n) is 2.01. The lowest BCUT2D eigenvalue weighted by Crippen LogP contribution is -2.03.